The number of hydrogen-bond acceptors (Lipinski definition) is 3. The Labute approximate surface area is 138 Å². The van der Waals surface area contributed by atoms with Crippen molar-refractivity contribution in [3.05, 3.63) is 63.6 Å². The fourth-order valence-corrected chi connectivity index (χ4v) is 2.28. The van der Waals surface area contributed by atoms with Crippen LogP contribution in [0.3, 0.4) is 0 Å². The molecule has 22 heavy (non-hydrogen) atoms. The molecule has 2 aromatic rings. The third kappa shape index (κ3) is 4.13. The molecule has 0 saturated heterocycles. The lowest BCUT2D eigenvalue weighted by Gasteiger charge is -2.13. The molecule has 2 rings (SSSR count). The lowest BCUT2D eigenvalue weighted by molar-refractivity contribution is 0.0916. The number of methoxy groups -OCH3 is 1. The number of amides is 1. The van der Waals surface area contributed by atoms with E-state index in [1.54, 1.807) is 43.5 Å². The Hall–Kier alpha value is -1.75. The third-order valence-electron chi connectivity index (χ3n) is 3.13. The van der Waals surface area contributed by atoms with Crippen molar-refractivity contribution in [3.8, 4) is 5.75 Å². The van der Waals surface area contributed by atoms with E-state index in [-0.39, 0.29) is 18.0 Å². The monoisotopic (exact) mass is 339 g/mol. The van der Waals surface area contributed by atoms with Crippen LogP contribution < -0.4 is 10.1 Å². The van der Waals surface area contributed by atoms with Gasteiger partial charge in [-0.1, -0.05) is 35.3 Å². The first-order chi connectivity index (χ1) is 10.5. The van der Waals surface area contributed by atoms with Crippen LogP contribution in [0.15, 0.2) is 42.5 Å². The Morgan fingerprint density at radius 2 is 1.91 bits per heavy atom. The number of hydrogen-bond donors (Lipinski definition) is 2. The summed E-state index contributed by atoms with van der Waals surface area (Å²) in [4.78, 5) is 12.1. The molecular formula is C16H15Cl2NO3. The van der Waals surface area contributed by atoms with E-state index < -0.39 is 6.10 Å². The molecule has 0 spiro atoms. The first-order valence-electron chi connectivity index (χ1n) is 6.56. The number of halogens is 2. The summed E-state index contributed by atoms with van der Waals surface area (Å²) in [6, 6.07) is 11.6. The van der Waals surface area contributed by atoms with Gasteiger partial charge in [0.25, 0.3) is 5.91 Å². The molecule has 4 nitrogen and oxygen atoms in total. The first kappa shape index (κ1) is 16.6. The Morgan fingerprint density at radius 3 is 2.55 bits per heavy atom. The van der Waals surface area contributed by atoms with E-state index in [1.807, 2.05) is 0 Å². The summed E-state index contributed by atoms with van der Waals surface area (Å²) in [6.45, 7) is 0.0635. The number of ether oxygens (including phenoxy) is 1. The highest BCUT2D eigenvalue weighted by molar-refractivity contribution is 6.35. The second-order valence-electron chi connectivity index (χ2n) is 4.62. The first-order valence-corrected chi connectivity index (χ1v) is 7.32. The maximum atomic E-state index is 12.1. The Bertz CT molecular complexity index is 659. The summed E-state index contributed by atoms with van der Waals surface area (Å²) in [5.41, 5.74) is 0.953. The Balaban J connectivity index is 1.99. The maximum Gasteiger partial charge on any atom is 0.252 e. The van der Waals surface area contributed by atoms with Crippen molar-refractivity contribution in [3.63, 3.8) is 0 Å². The van der Waals surface area contributed by atoms with Crippen LogP contribution >= 0.6 is 23.2 Å². The molecule has 0 radical (unpaired) electrons. The number of carbonyl (C=O) groups is 1. The molecule has 0 aliphatic rings. The quantitative estimate of drug-likeness (QED) is 0.876. The van der Waals surface area contributed by atoms with Gasteiger partial charge in [-0.25, -0.2) is 0 Å². The smallest absolute Gasteiger partial charge is 0.252 e. The highest BCUT2D eigenvalue weighted by atomic mass is 35.5. The van der Waals surface area contributed by atoms with Gasteiger partial charge < -0.3 is 15.2 Å². The minimum absolute atomic E-state index is 0.0635. The van der Waals surface area contributed by atoms with Crippen LogP contribution in [0.25, 0.3) is 0 Å². The normalized spacial score (nSPS) is 11.8. The van der Waals surface area contributed by atoms with Crippen LogP contribution in [0.5, 0.6) is 5.75 Å². The summed E-state index contributed by atoms with van der Waals surface area (Å²) in [5, 5.41) is 13.4. The van der Waals surface area contributed by atoms with Gasteiger partial charge in [0.05, 0.1) is 23.8 Å². The molecule has 2 aromatic carbocycles. The topological polar surface area (TPSA) is 58.6 Å². The Kier molecular flexibility index (Phi) is 5.66. The van der Waals surface area contributed by atoms with Gasteiger partial charge in [-0.05, 0) is 35.9 Å². The van der Waals surface area contributed by atoms with Crippen LogP contribution in [-0.4, -0.2) is 24.7 Å². The number of benzene rings is 2. The van der Waals surface area contributed by atoms with Crippen molar-refractivity contribution in [2.75, 3.05) is 13.7 Å². The average molecular weight is 340 g/mol. The fraction of sp³-hybridized carbons (Fsp3) is 0.188. The van der Waals surface area contributed by atoms with Crippen LogP contribution in [0, 0.1) is 0 Å². The second kappa shape index (κ2) is 7.49. The van der Waals surface area contributed by atoms with E-state index in [2.05, 4.69) is 5.32 Å². The van der Waals surface area contributed by atoms with Gasteiger partial charge in [-0.2, -0.15) is 0 Å². The van der Waals surface area contributed by atoms with E-state index in [0.717, 1.165) is 0 Å². The summed E-state index contributed by atoms with van der Waals surface area (Å²) < 4.78 is 5.05. The zero-order valence-electron chi connectivity index (χ0n) is 11.8. The molecule has 1 unspecified atom stereocenters. The van der Waals surface area contributed by atoms with Crippen molar-refractivity contribution in [2.24, 2.45) is 0 Å². The SMILES string of the molecule is COc1ccc(C(O)CNC(=O)c2cc(Cl)ccc2Cl)cc1. The van der Waals surface area contributed by atoms with Gasteiger partial charge >= 0.3 is 0 Å². The number of nitrogens with one attached hydrogen (secondary N) is 1. The van der Waals surface area contributed by atoms with Crippen molar-refractivity contribution < 1.29 is 14.6 Å². The van der Waals surface area contributed by atoms with Crippen LogP contribution in [0.4, 0.5) is 0 Å². The van der Waals surface area contributed by atoms with Gasteiger partial charge in [-0.15, -0.1) is 0 Å². The van der Waals surface area contributed by atoms with E-state index in [0.29, 0.717) is 21.4 Å². The van der Waals surface area contributed by atoms with Crippen LogP contribution in [0.1, 0.15) is 22.0 Å². The Morgan fingerprint density at radius 1 is 1.23 bits per heavy atom. The van der Waals surface area contributed by atoms with Gasteiger partial charge in [0.15, 0.2) is 0 Å². The van der Waals surface area contributed by atoms with Gasteiger partial charge in [0.2, 0.25) is 0 Å². The molecule has 0 saturated carbocycles. The minimum Gasteiger partial charge on any atom is -0.497 e. The standard InChI is InChI=1S/C16H15Cl2NO3/c1-22-12-5-2-10(3-6-12)15(20)9-19-16(21)13-8-11(17)4-7-14(13)18/h2-8,15,20H,9H2,1H3,(H,19,21). The molecule has 0 fully saturated rings. The minimum atomic E-state index is -0.826. The molecular weight excluding hydrogens is 325 g/mol. The van der Waals surface area contributed by atoms with E-state index in [1.165, 1.54) is 6.07 Å². The van der Waals surface area contributed by atoms with Gasteiger partial charge in [0, 0.05) is 11.6 Å². The molecule has 2 N–H and O–H groups in total. The van der Waals surface area contributed by atoms with Crippen LogP contribution in [0.2, 0.25) is 10.0 Å². The van der Waals surface area contributed by atoms with E-state index in [9.17, 15) is 9.90 Å². The zero-order valence-corrected chi connectivity index (χ0v) is 13.4. The predicted octanol–water partition coefficient (Wildman–Crippen LogP) is 3.47. The molecule has 6 heteroatoms. The summed E-state index contributed by atoms with van der Waals surface area (Å²) in [6.07, 6.45) is -0.826. The maximum absolute atomic E-state index is 12.1. The van der Waals surface area contributed by atoms with Crippen molar-refractivity contribution in [1.29, 1.82) is 0 Å². The number of carbonyl (C=O) groups excluding carboxylic acids is 1. The van der Waals surface area contributed by atoms with Crippen LogP contribution in [-0.2, 0) is 0 Å². The van der Waals surface area contributed by atoms with Crippen molar-refractivity contribution in [2.45, 2.75) is 6.10 Å². The molecule has 0 aromatic heterocycles. The number of aliphatic hydroxyl groups is 1. The second-order valence-corrected chi connectivity index (χ2v) is 5.47. The van der Waals surface area contributed by atoms with Gasteiger partial charge in [0.1, 0.15) is 5.75 Å². The molecule has 0 bridgehead atoms. The predicted molar refractivity (Wildman–Crippen MR) is 86.7 cm³/mol. The molecule has 0 aliphatic heterocycles. The third-order valence-corrected chi connectivity index (χ3v) is 3.69. The highest BCUT2D eigenvalue weighted by Gasteiger charge is 2.14. The van der Waals surface area contributed by atoms with Crippen molar-refractivity contribution >= 4 is 29.1 Å². The molecule has 0 heterocycles. The zero-order chi connectivity index (χ0) is 16.1. The number of rotatable bonds is 5. The molecule has 1 atom stereocenters. The summed E-state index contributed by atoms with van der Waals surface area (Å²) in [5.74, 6) is 0.311. The van der Waals surface area contributed by atoms with Gasteiger partial charge in [-0.3, -0.25) is 4.79 Å². The largest absolute Gasteiger partial charge is 0.497 e. The molecule has 1 amide bonds. The lowest BCUT2D eigenvalue weighted by atomic mass is 10.1. The lowest BCUT2D eigenvalue weighted by Crippen LogP contribution is -2.28. The molecule has 116 valence electrons. The fourth-order valence-electron chi connectivity index (χ4n) is 1.90. The number of aliphatic hydroxyl groups excluding tert-OH is 1. The van der Waals surface area contributed by atoms with E-state index >= 15 is 0 Å². The summed E-state index contributed by atoms with van der Waals surface area (Å²) >= 11 is 11.8. The van der Waals surface area contributed by atoms with E-state index in [4.69, 9.17) is 27.9 Å². The highest BCUT2D eigenvalue weighted by Crippen LogP contribution is 2.21. The molecule has 0 aliphatic carbocycles. The average Bonchev–Trinajstić information content (AvgIpc) is 2.54. The van der Waals surface area contributed by atoms with Crippen molar-refractivity contribution in [1.82, 2.24) is 5.32 Å². The summed E-state index contributed by atoms with van der Waals surface area (Å²) in [7, 11) is 1.57.